The number of hydrogen-bond donors (Lipinski definition) is 0. The molecule has 0 bridgehead atoms. The van der Waals surface area contributed by atoms with Crippen molar-refractivity contribution < 1.29 is 9.21 Å². The molecule has 2 aromatic rings. The van der Waals surface area contributed by atoms with E-state index in [1.165, 1.54) is 16.7 Å². The third-order valence-corrected chi connectivity index (χ3v) is 4.41. The van der Waals surface area contributed by atoms with Gasteiger partial charge in [-0.25, -0.2) is 4.98 Å². The molecule has 2 heterocycles. The number of benzene rings is 1. The van der Waals surface area contributed by atoms with Gasteiger partial charge >= 0.3 is 0 Å². The van der Waals surface area contributed by atoms with Crippen LogP contribution in [-0.2, 0) is 0 Å². The van der Waals surface area contributed by atoms with E-state index in [-0.39, 0.29) is 11.9 Å². The summed E-state index contributed by atoms with van der Waals surface area (Å²) in [6, 6.07) is 6.58. The molecule has 1 saturated heterocycles. The Bertz CT molecular complexity index is 718. The van der Waals surface area contributed by atoms with E-state index in [1.54, 1.807) is 6.92 Å². The molecule has 1 unspecified atom stereocenters. The Labute approximate surface area is 131 Å². The van der Waals surface area contributed by atoms with Gasteiger partial charge in [-0.1, -0.05) is 23.8 Å². The van der Waals surface area contributed by atoms with E-state index >= 15 is 0 Å². The molecule has 0 N–H and O–H groups in total. The van der Waals surface area contributed by atoms with Crippen molar-refractivity contribution in [3.63, 3.8) is 0 Å². The standard InChI is InChI=1S/C18H22N2O2/c1-11-7-8-12(2)15(10-11)16-6-5-9-20(16)18(21)17-13(3)19-14(4)22-17/h7-8,10,16H,5-6,9H2,1-4H3. The van der Waals surface area contributed by atoms with Gasteiger partial charge in [0.25, 0.3) is 5.91 Å². The van der Waals surface area contributed by atoms with Crippen molar-refractivity contribution in [1.82, 2.24) is 9.88 Å². The average Bonchev–Trinajstić information content (AvgIpc) is 3.07. The predicted octanol–water partition coefficient (Wildman–Crippen LogP) is 3.89. The quantitative estimate of drug-likeness (QED) is 0.845. The van der Waals surface area contributed by atoms with Crippen molar-refractivity contribution in [3.05, 3.63) is 52.2 Å². The van der Waals surface area contributed by atoms with Crippen molar-refractivity contribution in [2.24, 2.45) is 0 Å². The number of likely N-dealkylation sites (tertiary alicyclic amines) is 1. The van der Waals surface area contributed by atoms with Crippen LogP contribution >= 0.6 is 0 Å². The van der Waals surface area contributed by atoms with Gasteiger partial charge in [-0.3, -0.25) is 4.79 Å². The fraction of sp³-hybridized carbons (Fsp3) is 0.444. The lowest BCUT2D eigenvalue weighted by Crippen LogP contribution is -2.31. The third kappa shape index (κ3) is 2.54. The highest BCUT2D eigenvalue weighted by molar-refractivity contribution is 5.93. The monoisotopic (exact) mass is 298 g/mol. The first kappa shape index (κ1) is 14.8. The topological polar surface area (TPSA) is 46.3 Å². The van der Waals surface area contributed by atoms with E-state index in [9.17, 15) is 4.79 Å². The average molecular weight is 298 g/mol. The fourth-order valence-corrected chi connectivity index (χ4v) is 3.31. The van der Waals surface area contributed by atoms with Crippen LogP contribution in [0.2, 0.25) is 0 Å². The van der Waals surface area contributed by atoms with E-state index in [0.29, 0.717) is 17.3 Å². The fourth-order valence-electron chi connectivity index (χ4n) is 3.31. The number of carbonyl (C=O) groups excluding carboxylic acids is 1. The van der Waals surface area contributed by atoms with Crippen molar-refractivity contribution in [2.45, 2.75) is 46.6 Å². The van der Waals surface area contributed by atoms with E-state index in [2.05, 4.69) is 37.0 Å². The maximum absolute atomic E-state index is 12.9. The zero-order chi connectivity index (χ0) is 15.9. The van der Waals surface area contributed by atoms with Gasteiger partial charge in [0.1, 0.15) is 0 Å². The first-order valence-corrected chi connectivity index (χ1v) is 7.79. The van der Waals surface area contributed by atoms with E-state index in [0.717, 1.165) is 19.4 Å². The lowest BCUT2D eigenvalue weighted by molar-refractivity contribution is 0.0700. The molecular formula is C18H22N2O2. The lowest BCUT2D eigenvalue weighted by atomic mass is 9.97. The van der Waals surface area contributed by atoms with Gasteiger partial charge in [0.05, 0.1) is 11.7 Å². The number of nitrogens with zero attached hydrogens (tertiary/aromatic N) is 2. The molecule has 1 fully saturated rings. The number of oxazole rings is 1. The first-order valence-electron chi connectivity index (χ1n) is 7.79. The predicted molar refractivity (Wildman–Crippen MR) is 84.9 cm³/mol. The first-order chi connectivity index (χ1) is 10.5. The van der Waals surface area contributed by atoms with Crippen LogP contribution in [0.1, 0.15) is 57.7 Å². The van der Waals surface area contributed by atoms with Crippen LogP contribution in [-0.4, -0.2) is 22.3 Å². The summed E-state index contributed by atoms with van der Waals surface area (Å²) in [7, 11) is 0. The number of amides is 1. The van der Waals surface area contributed by atoms with Gasteiger partial charge in [0, 0.05) is 13.5 Å². The lowest BCUT2D eigenvalue weighted by Gasteiger charge is -2.26. The summed E-state index contributed by atoms with van der Waals surface area (Å²) in [5.41, 5.74) is 4.39. The molecule has 22 heavy (non-hydrogen) atoms. The van der Waals surface area contributed by atoms with Gasteiger partial charge in [-0.05, 0) is 44.7 Å². The summed E-state index contributed by atoms with van der Waals surface area (Å²) >= 11 is 0. The summed E-state index contributed by atoms with van der Waals surface area (Å²) < 4.78 is 5.52. The molecule has 3 rings (SSSR count). The number of aryl methyl sites for hydroxylation is 4. The van der Waals surface area contributed by atoms with Crippen LogP contribution in [0.4, 0.5) is 0 Å². The molecular weight excluding hydrogens is 276 g/mol. The molecule has 4 nitrogen and oxygen atoms in total. The zero-order valence-electron chi connectivity index (χ0n) is 13.6. The van der Waals surface area contributed by atoms with Crippen LogP contribution in [0.3, 0.4) is 0 Å². The Hall–Kier alpha value is -2.10. The largest absolute Gasteiger partial charge is 0.436 e. The Morgan fingerprint density at radius 1 is 1.27 bits per heavy atom. The third-order valence-electron chi connectivity index (χ3n) is 4.41. The van der Waals surface area contributed by atoms with Gasteiger partial charge in [0.15, 0.2) is 5.89 Å². The molecule has 1 aliphatic heterocycles. The highest BCUT2D eigenvalue weighted by atomic mass is 16.4. The molecule has 1 amide bonds. The van der Waals surface area contributed by atoms with Crippen LogP contribution in [0, 0.1) is 27.7 Å². The van der Waals surface area contributed by atoms with Crippen LogP contribution < -0.4 is 0 Å². The summed E-state index contributed by atoms with van der Waals surface area (Å²) in [6.45, 7) is 8.58. The van der Waals surface area contributed by atoms with Gasteiger partial charge in [-0.15, -0.1) is 0 Å². The zero-order valence-corrected chi connectivity index (χ0v) is 13.6. The second kappa shape index (κ2) is 5.59. The molecule has 1 aliphatic rings. The molecule has 0 spiro atoms. The van der Waals surface area contributed by atoms with Crippen LogP contribution in [0.5, 0.6) is 0 Å². The molecule has 4 heteroatoms. The maximum Gasteiger partial charge on any atom is 0.292 e. The summed E-state index contributed by atoms with van der Waals surface area (Å²) in [6.07, 6.45) is 2.03. The van der Waals surface area contributed by atoms with Crippen LogP contribution in [0.25, 0.3) is 0 Å². The molecule has 1 aromatic carbocycles. The molecule has 1 atom stereocenters. The Morgan fingerprint density at radius 3 is 2.73 bits per heavy atom. The summed E-state index contributed by atoms with van der Waals surface area (Å²) in [5.74, 6) is 0.888. The SMILES string of the molecule is Cc1ccc(C)c(C2CCCN2C(=O)c2oc(C)nc2C)c1. The van der Waals surface area contributed by atoms with Gasteiger partial charge in [0.2, 0.25) is 5.76 Å². The smallest absolute Gasteiger partial charge is 0.292 e. The summed E-state index contributed by atoms with van der Waals surface area (Å²) in [4.78, 5) is 19.0. The Balaban J connectivity index is 1.95. The number of rotatable bonds is 2. The van der Waals surface area contributed by atoms with Crippen molar-refractivity contribution in [2.75, 3.05) is 6.54 Å². The molecule has 0 saturated carbocycles. The van der Waals surface area contributed by atoms with E-state index < -0.39 is 0 Å². The van der Waals surface area contributed by atoms with Crippen molar-refractivity contribution in [1.29, 1.82) is 0 Å². The van der Waals surface area contributed by atoms with Gasteiger partial charge < -0.3 is 9.32 Å². The minimum absolute atomic E-state index is 0.0403. The van der Waals surface area contributed by atoms with Gasteiger partial charge in [-0.2, -0.15) is 0 Å². The minimum Gasteiger partial charge on any atom is -0.436 e. The molecule has 0 aliphatic carbocycles. The van der Waals surface area contributed by atoms with Crippen molar-refractivity contribution >= 4 is 5.91 Å². The maximum atomic E-state index is 12.9. The number of aromatic nitrogens is 1. The Morgan fingerprint density at radius 2 is 2.05 bits per heavy atom. The highest BCUT2D eigenvalue weighted by Gasteiger charge is 2.34. The Kier molecular flexibility index (Phi) is 3.77. The number of carbonyl (C=O) groups is 1. The molecule has 1 aromatic heterocycles. The second-order valence-corrected chi connectivity index (χ2v) is 6.16. The molecule has 116 valence electrons. The van der Waals surface area contributed by atoms with E-state index in [4.69, 9.17) is 4.42 Å². The molecule has 0 radical (unpaired) electrons. The van der Waals surface area contributed by atoms with E-state index in [1.807, 2.05) is 11.8 Å². The highest BCUT2D eigenvalue weighted by Crippen LogP contribution is 2.35. The number of hydrogen-bond acceptors (Lipinski definition) is 3. The summed E-state index contributed by atoms with van der Waals surface area (Å²) in [5, 5.41) is 0. The van der Waals surface area contributed by atoms with Crippen molar-refractivity contribution in [3.8, 4) is 0 Å². The minimum atomic E-state index is -0.0403. The van der Waals surface area contributed by atoms with Crippen LogP contribution in [0.15, 0.2) is 22.6 Å². The normalized spacial score (nSPS) is 18.0. The second-order valence-electron chi connectivity index (χ2n) is 6.16.